The molecule has 2 N–H and O–H groups in total. The Hall–Kier alpha value is -1.97. The number of anilines is 1. The molecule has 0 spiro atoms. The topological polar surface area (TPSA) is 98.1 Å². The molecule has 1 unspecified atom stereocenters. The van der Waals surface area contributed by atoms with E-state index in [0.29, 0.717) is 23.1 Å². The molecule has 3 heterocycles. The average Bonchev–Trinajstić information content (AvgIpc) is 3.25. The van der Waals surface area contributed by atoms with Gasteiger partial charge in [0.05, 0.1) is 24.8 Å². The summed E-state index contributed by atoms with van der Waals surface area (Å²) in [5.74, 6) is -0.634. The fraction of sp³-hybridized carbons (Fsp3) is 0.500. The van der Waals surface area contributed by atoms with Crippen molar-refractivity contribution in [3.63, 3.8) is 0 Å². The van der Waals surface area contributed by atoms with E-state index >= 15 is 0 Å². The first kappa shape index (κ1) is 20.3. The molecule has 26 heavy (non-hydrogen) atoms. The van der Waals surface area contributed by atoms with Crippen LogP contribution in [0.3, 0.4) is 0 Å². The largest absolute Gasteiger partial charge is 0.466 e. The Bertz CT molecular complexity index is 742. The van der Waals surface area contributed by atoms with Gasteiger partial charge in [0.2, 0.25) is 0 Å². The van der Waals surface area contributed by atoms with Crippen molar-refractivity contribution in [1.29, 1.82) is 0 Å². The van der Waals surface area contributed by atoms with Gasteiger partial charge >= 0.3 is 5.97 Å². The quantitative estimate of drug-likeness (QED) is 0.721. The molecule has 0 aliphatic carbocycles. The van der Waals surface area contributed by atoms with E-state index in [-0.39, 0.29) is 36.7 Å². The Morgan fingerprint density at radius 2 is 2.35 bits per heavy atom. The van der Waals surface area contributed by atoms with Gasteiger partial charge < -0.3 is 10.1 Å². The number of amides is 1. The maximum Gasteiger partial charge on any atom is 0.311 e. The molecule has 1 aliphatic rings. The lowest BCUT2D eigenvalue weighted by molar-refractivity contribution is -0.142. The monoisotopic (exact) mass is 399 g/mol. The van der Waals surface area contributed by atoms with Gasteiger partial charge in [-0.2, -0.15) is 5.10 Å². The van der Waals surface area contributed by atoms with Crippen LogP contribution >= 0.6 is 23.7 Å². The summed E-state index contributed by atoms with van der Waals surface area (Å²) < 4.78 is 6.73. The number of nitrogens with zero attached hydrogens (tertiary/aromatic N) is 3. The molecule has 0 saturated carbocycles. The van der Waals surface area contributed by atoms with Gasteiger partial charge in [-0.15, -0.1) is 23.7 Å². The van der Waals surface area contributed by atoms with Crippen LogP contribution in [-0.4, -0.2) is 46.3 Å². The highest BCUT2D eigenvalue weighted by atomic mass is 35.5. The van der Waals surface area contributed by atoms with Crippen LogP contribution in [0, 0.1) is 0 Å². The van der Waals surface area contributed by atoms with Crippen molar-refractivity contribution in [2.45, 2.75) is 32.2 Å². The lowest BCUT2D eigenvalue weighted by Crippen LogP contribution is -2.32. The smallest absolute Gasteiger partial charge is 0.311 e. The first-order chi connectivity index (χ1) is 12.2. The third kappa shape index (κ3) is 5.26. The first-order valence-corrected chi connectivity index (χ1v) is 9.21. The van der Waals surface area contributed by atoms with Crippen molar-refractivity contribution in [2.75, 3.05) is 25.0 Å². The molecule has 2 aromatic rings. The predicted molar refractivity (Wildman–Crippen MR) is 101 cm³/mol. The molecular weight excluding hydrogens is 378 g/mol. The van der Waals surface area contributed by atoms with E-state index in [1.165, 1.54) is 11.3 Å². The summed E-state index contributed by atoms with van der Waals surface area (Å²) in [7, 11) is 0. The number of aromatic nitrogens is 3. The van der Waals surface area contributed by atoms with Crippen molar-refractivity contribution in [1.82, 2.24) is 20.1 Å². The Kier molecular flexibility index (Phi) is 7.55. The number of nitrogens with one attached hydrogen (secondary N) is 2. The number of halogens is 1. The second-order valence-electron chi connectivity index (χ2n) is 5.76. The standard InChI is InChI=1S/C16H21N5O3S.ClH/c1-2-24-14(22)8-11-10-25-16(18-11)19-15(23)13-5-7-21(20-13)12-4-3-6-17-9-12;/h5,7,10,12,17H,2-4,6,8-9H2,1H3,(H,18,19,23);1H. The summed E-state index contributed by atoms with van der Waals surface area (Å²) in [6.45, 7) is 3.99. The van der Waals surface area contributed by atoms with Crippen molar-refractivity contribution in [3.05, 3.63) is 29.0 Å². The normalized spacial score (nSPS) is 16.6. The van der Waals surface area contributed by atoms with E-state index < -0.39 is 0 Å². The van der Waals surface area contributed by atoms with Gasteiger partial charge in [-0.25, -0.2) is 4.98 Å². The molecule has 0 radical (unpaired) electrons. The SMILES string of the molecule is CCOC(=O)Cc1csc(NC(=O)c2ccn(C3CCCNC3)n2)n1.Cl. The lowest BCUT2D eigenvalue weighted by atomic mass is 10.1. The Balaban J connectivity index is 0.00000243. The van der Waals surface area contributed by atoms with Gasteiger partial charge in [-0.3, -0.25) is 19.6 Å². The highest BCUT2D eigenvalue weighted by molar-refractivity contribution is 7.14. The molecule has 3 rings (SSSR count). The second kappa shape index (κ2) is 9.65. The maximum atomic E-state index is 12.3. The van der Waals surface area contributed by atoms with Gasteiger partial charge in [-0.1, -0.05) is 0 Å². The van der Waals surface area contributed by atoms with Crippen molar-refractivity contribution in [3.8, 4) is 0 Å². The molecule has 1 aliphatic heterocycles. The number of hydrogen-bond donors (Lipinski definition) is 2. The van der Waals surface area contributed by atoms with Crippen LogP contribution in [-0.2, 0) is 16.0 Å². The third-order valence-corrected chi connectivity index (χ3v) is 4.70. The molecule has 10 heteroatoms. The number of ether oxygens (including phenoxy) is 1. The van der Waals surface area contributed by atoms with E-state index in [1.807, 2.05) is 10.9 Å². The maximum absolute atomic E-state index is 12.3. The van der Waals surface area contributed by atoms with Crippen LogP contribution in [0.25, 0.3) is 0 Å². The fourth-order valence-electron chi connectivity index (χ4n) is 2.69. The van der Waals surface area contributed by atoms with E-state index in [4.69, 9.17) is 4.74 Å². The molecule has 2 aromatic heterocycles. The fourth-order valence-corrected chi connectivity index (χ4v) is 3.39. The summed E-state index contributed by atoms with van der Waals surface area (Å²) in [4.78, 5) is 28.0. The summed E-state index contributed by atoms with van der Waals surface area (Å²) in [5.41, 5.74) is 0.935. The second-order valence-corrected chi connectivity index (χ2v) is 6.62. The van der Waals surface area contributed by atoms with Gasteiger partial charge in [0.25, 0.3) is 5.91 Å². The van der Waals surface area contributed by atoms with Crippen LogP contribution in [0.5, 0.6) is 0 Å². The molecular formula is C16H22ClN5O3S. The molecule has 0 aromatic carbocycles. The molecule has 0 bridgehead atoms. The van der Waals surface area contributed by atoms with Gasteiger partial charge in [0.1, 0.15) is 0 Å². The first-order valence-electron chi connectivity index (χ1n) is 8.33. The number of rotatable bonds is 6. The number of piperidine rings is 1. The zero-order valence-corrected chi connectivity index (χ0v) is 16.1. The summed E-state index contributed by atoms with van der Waals surface area (Å²) in [5, 5.41) is 12.6. The van der Waals surface area contributed by atoms with E-state index in [2.05, 4.69) is 20.7 Å². The van der Waals surface area contributed by atoms with Crippen LogP contribution < -0.4 is 10.6 Å². The zero-order valence-electron chi connectivity index (χ0n) is 14.4. The lowest BCUT2D eigenvalue weighted by Gasteiger charge is -2.22. The van der Waals surface area contributed by atoms with Crippen LogP contribution in [0.2, 0.25) is 0 Å². The number of esters is 1. The van der Waals surface area contributed by atoms with Crippen molar-refractivity contribution >= 4 is 40.8 Å². The minimum absolute atomic E-state index is 0. The highest BCUT2D eigenvalue weighted by Crippen LogP contribution is 2.18. The number of thiazole rings is 1. The summed E-state index contributed by atoms with van der Waals surface area (Å²) in [6.07, 6.45) is 4.10. The molecule has 1 amide bonds. The van der Waals surface area contributed by atoms with E-state index in [1.54, 1.807) is 18.4 Å². The minimum Gasteiger partial charge on any atom is -0.466 e. The van der Waals surface area contributed by atoms with Gasteiger partial charge in [-0.05, 0) is 32.4 Å². The van der Waals surface area contributed by atoms with Crippen molar-refractivity contribution < 1.29 is 14.3 Å². The molecule has 1 saturated heterocycles. The summed E-state index contributed by atoms with van der Waals surface area (Å²) >= 11 is 1.27. The predicted octanol–water partition coefficient (Wildman–Crippen LogP) is 2.04. The Labute approximate surface area is 161 Å². The Morgan fingerprint density at radius 3 is 3.08 bits per heavy atom. The minimum atomic E-state index is -0.328. The third-order valence-electron chi connectivity index (χ3n) is 3.89. The van der Waals surface area contributed by atoms with Gasteiger partial charge in [0, 0.05) is 18.1 Å². The molecule has 1 fully saturated rings. The number of carbonyl (C=O) groups excluding carboxylic acids is 2. The Morgan fingerprint density at radius 1 is 1.50 bits per heavy atom. The number of hydrogen-bond acceptors (Lipinski definition) is 7. The molecule has 142 valence electrons. The van der Waals surface area contributed by atoms with Crippen molar-refractivity contribution in [2.24, 2.45) is 0 Å². The van der Waals surface area contributed by atoms with E-state index in [0.717, 1.165) is 25.9 Å². The van der Waals surface area contributed by atoms with Crippen LogP contribution in [0.4, 0.5) is 5.13 Å². The average molecular weight is 400 g/mol. The molecule has 1 atom stereocenters. The van der Waals surface area contributed by atoms with Gasteiger partial charge in [0.15, 0.2) is 10.8 Å². The van der Waals surface area contributed by atoms with Crippen LogP contribution in [0.1, 0.15) is 42.0 Å². The van der Waals surface area contributed by atoms with E-state index in [9.17, 15) is 9.59 Å². The highest BCUT2D eigenvalue weighted by Gasteiger charge is 2.18. The zero-order chi connectivity index (χ0) is 17.6. The summed E-state index contributed by atoms with van der Waals surface area (Å²) in [6, 6.07) is 1.99. The van der Waals surface area contributed by atoms with Crippen LogP contribution in [0.15, 0.2) is 17.6 Å². The molecule has 8 nitrogen and oxygen atoms in total. The number of carbonyl (C=O) groups is 2.